The Bertz CT molecular complexity index is 983. The molecule has 0 aliphatic rings. The number of para-hydroxylation sites is 1. The average Bonchev–Trinajstić information content (AvgIpc) is 2.61. The van der Waals surface area contributed by atoms with Crippen LogP contribution in [0, 0.1) is 0 Å². The van der Waals surface area contributed by atoms with Crippen LogP contribution in [-0.2, 0) is 0 Å². The van der Waals surface area contributed by atoms with Crippen LogP contribution in [0.1, 0.15) is 18.8 Å². The normalized spacial score (nSPS) is 11.9. The number of nitrogens with one attached hydrogen (secondary N) is 1. The standard InChI is InChI=1S/C18H17N3O4/c1-11(19-18(23)24)16-20-13-9-6-10-14(25-2)15(13)17(22)21(16)12-7-4-3-5-8-12/h3-11,19H,1-2H3,(H,23,24). The second-order valence-corrected chi connectivity index (χ2v) is 5.47. The molecule has 0 aliphatic carbocycles. The highest BCUT2D eigenvalue weighted by molar-refractivity contribution is 5.84. The van der Waals surface area contributed by atoms with Crippen molar-refractivity contribution in [2.45, 2.75) is 13.0 Å². The predicted octanol–water partition coefficient (Wildman–Crippen LogP) is 2.72. The summed E-state index contributed by atoms with van der Waals surface area (Å²) in [5.74, 6) is 0.726. The van der Waals surface area contributed by atoms with Crippen LogP contribution in [0.5, 0.6) is 5.75 Å². The van der Waals surface area contributed by atoms with Crippen LogP contribution in [0.4, 0.5) is 4.79 Å². The fraction of sp³-hybridized carbons (Fsp3) is 0.167. The van der Waals surface area contributed by atoms with Crippen LogP contribution in [0.15, 0.2) is 53.3 Å². The predicted molar refractivity (Wildman–Crippen MR) is 93.5 cm³/mol. The van der Waals surface area contributed by atoms with E-state index in [2.05, 4.69) is 10.3 Å². The summed E-state index contributed by atoms with van der Waals surface area (Å²) in [6.45, 7) is 1.64. The number of carbonyl (C=O) groups is 1. The van der Waals surface area contributed by atoms with Crippen LogP contribution < -0.4 is 15.6 Å². The second kappa shape index (κ2) is 6.64. The van der Waals surface area contributed by atoms with E-state index in [9.17, 15) is 9.59 Å². The zero-order valence-electron chi connectivity index (χ0n) is 13.8. The van der Waals surface area contributed by atoms with Crippen molar-refractivity contribution in [3.63, 3.8) is 0 Å². The Kier molecular flexibility index (Phi) is 4.38. The van der Waals surface area contributed by atoms with Gasteiger partial charge in [0.2, 0.25) is 0 Å². The minimum atomic E-state index is -1.19. The first-order valence-electron chi connectivity index (χ1n) is 7.67. The van der Waals surface area contributed by atoms with Crippen molar-refractivity contribution in [2.24, 2.45) is 0 Å². The number of hydrogen-bond acceptors (Lipinski definition) is 4. The number of ether oxygens (including phenoxy) is 1. The lowest BCUT2D eigenvalue weighted by atomic mass is 10.2. The maximum Gasteiger partial charge on any atom is 0.405 e. The van der Waals surface area contributed by atoms with E-state index in [1.54, 1.807) is 49.4 Å². The molecule has 1 aromatic heterocycles. The Morgan fingerprint density at radius 1 is 1.20 bits per heavy atom. The first kappa shape index (κ1) is 16.5. The molecular weight excluding hydrogens is 322 g/mol. The number of hydrogen-bond donors (Lipinski definition) is 2. The molecule has 0 radical (unpaired) electrons. The molecule has 0 aliphatic heterocycles. The number of nitrogens with zero attached hydrogens (tertiary/aromatic N) is 2. The molecular formula is C18H17N3O4. The number of methoxy groups -OCH3 is 1. The SMILES string of the molecule is COc1cccc2nc(C(C)NC(=O)O)n(-c3ccccc3)c(=O)c12. The molecule has 0 saturated carbocycles. The molecule has 7 nitrogen and oxygen atoms in total. The molecule has 0 saturated heterocycles. The zero-order chi connectivity index (χ0) is 18.0. The number of benzene rings is 2. The number of rotatable bonds is 4. The number of amides is 1. The molecule has 0 bridgehead atoms. The maximum absolute atomic E-state index is 13.2. The minimum Gasteiger partial charge on any atom is -0.496 e. The highest BCUT2D eigenvalue weighted by atomic mass is 16.5. The van der Waals surface area contributed by atoms with Gasteiger partial charge in [-0.1, -0.05) is 24.3 Å². The van der Waals surface area contributed by atoms with Crippen molar-refractivity contribution in [1.29, 1.82) is 0 Å². The molecule has 3 aromatic rings. The molecule has 3 rings (SSSR count). The first-order valence-corrected chi connectivity index (χ1v) is 7.67. The van der Waals surface area contributed by atoms with Crippen LogP contribution >= 0.6 is 0 Å². The molecule has 0 spiro atoms. The third kappa shape index (κ3) is 3.03. The summed E-state index contributed by atoms with van der Waals surface area (Å²) in [6.07, 6.45) is -1.19. The van der Waals surface area contributed by atoms with Crippen molar-refractivity contribution >= 4 is 17.0 Å². The van der Waals surface area contributed by atoms with Crippen LogP contribution in [0.2, 0.25) is 0 Å². The molecule has 2 aromatic carbocycles. The van der Waals surface area contributed by atoms with Gasteiger partial charge >= 0.3 is 6.09 Å². The third-order valence-corrected chi connectivity index (χ3v) is 3.85. The molecule has 0 fully saturated rings. The van der Waals surface area contributed by atoms with E-state index in [0.717, 1.165) is 0 Å². The largest absolute Gasteiger partial charge is 0.496 e. The van der Waals surface area contributed by atoms with E-state index in [1.165, 1.54) is 11.7 Å². The van der Waals surface area contributed by atoms with E-state index in [-0.39, 0.29) is 5.56 Å². The lowest BCUT2D eigenvalue weighted by Crippen LogP contribution is -2.32. The zero-order valence-corrected chi connectivity index (χ0v) is 13.8. The van der Waals surface area contributed by atoms with Gasteiger partial charge in [-0.25, -0.2) is 9.78 Å². The number of fused-ring (bicyclic) bond motifs is 1. The fourth-order valence-corrected chi connectivity index (χ4v) is 2.75. The Hall–Kier alpha value is -3.35. The van der Waals surface area contributed by atoms with Gasteiger partial charge in [0.1, 0.15) is 17.0 Å². The van der Waals surface area contributed by atoms with Gasteiger partial charge in [0.05, 0.1) is 24.4 Å². The Morgan fingerprint density at radius 2 is 1.92 bits per heavy atom. The Labute approximate surface area is 143 Å². The van der Waals surface area contributed by atoms with Gasteiger partial charge in [-0.05, 0) is 31.2 Å². The summed E-state index contributed by atoms with van der Waals surface area (Å²) in [7, 11) is 1.49. The van der Waals surface area contributed by atoms with Crippen molar-refractivity contribution in [3.8, 4) is 11.4 Å². The molecule has 25 heavy (non-hydrogen) atoms. The molecule has 1 heterocycles. The monoisotopic (exact) mass is 339 g/mol. The van der Waals surface area contributed by atoms with E-state index in [4.69, 9.17) is 9.84 Å². The quantitative estimate of drug-likeness (QED) is 0.762. The smallest absolute Gasteiger partial charge is 0.405 e. The summed E-state index contributed by atoms with van der Waals surface area (Å²) in [5.41, 5.74) is 0.732. The van der Waals surface area contributed by atoms with E-state index < -0.39 is 12.1 Å². The summed E-state index contributed by atoms with van der Waals surface area (Å²) in [6, 6.07) is 13.4. The second-order valence-electron chi connectivity index (χ2n) is 5.47. The highest BCUT2D eigenvalue weighted by Gasteiger charge is 2.20. The lowest BCUT2D eigenvalue weighted by Gasteiger charge is -2.19. The van der Waals surface area contributed by atoms with Gasteiger partial charge in [-0.3, -0.25) is 9.36 Å². The molecule has 1 unspecified atom stereocenters. The summed E-state index contributed by atoms with van der Waals surface area (Å²) >= 11 is 0. The average molecular weight is 339 g/mol. The van der Waals surface area contributed by atoms with Gasteiger partial charge in [0, 0.05) is 0 Å². The maximum atomic E-state index is 13.2. The van der Waals surface area contributed by atoms with Gasteiger partial charge in [0.15, 0.2) is 0 Å². The molecule has 7 heteroatoms. The van der Waals surface area contributed by atoms with Gasteiger partial charge in [-0.2, -0.15) is 0 Å². The first-order chi connectivity index (χ1) is 12.0. The van der Waals surface area contributed by atoms with E-state index in [0.29, 0.717) is 28.2 Å². The molecule has 2 N–H and O–H groups in total. The van der Waals surface area contributed by atoms with Crippen molar-refractivity contribution in [1.82, 2.24) is 14.9 Å². The summed E-state index contributed by atoms with van der Waals surface area (Å²) in [5, 5.41) is 11.7. The summed E-state index contributed by atoms with van der Waals surface area (Å²) < 4.78 is 6.71. The Balaban J connectivity index is 2.37. The van der Waals surface area contributed by atoms with Crippen LogP contribution in [0.25, 0.3) is 16.6 Å². The minimum absolute atomic E-state index is 0.305. The van der Waals surface area contributed by atoms with Gasteiger partial charge in [0.25, 0.3) is 5.56 Å². The van der Waals surface area contributed by atoms with Crippen LogP contribution in [-0.4, -0.2) is 27.9 Å². The van der Waals surface area contributed by atoms with E-state index in [1.807, 2.05) is 6.07 Å². The van der Waals surface area contributed by atoms with Crippen LogP contribution in [0.3, 0.4) is 0 Å². The summed E-state index contributed by atoms with van der Waals surface area (Å²) in [4.78, 5) is 28.8. The van der Waals surface area contributed by atoms with Crippen molar-refractivity contribution in [2.75, 3.05) is 7.11 Å². The van der Waals surface area contributed by atoms with Gasteiger partial charge in [-0.15, -0.1) is 0 Å². The van der Waals surface area contributed by atoms with Crippen molar-refractivity contribution in [3.05, 3.63) is 64.7 Å². The third-order valence-electron chi connectivity index (χ3n) is 3.85. The topological polar surface area (TPSA) is 93.4 Å². The number of carboxylic acid groups (broad SMARTS) is 1. The molecule has 128 valence electrons. The highest BCUT2D eigenvalue weighted by Crippen LogP contribution is 2.24. The Morgan fingerprint density at radius 3 is 2.56 bits per heavy atom. The van der Waals surface area contributed by atoms with Crippen molar-refractivity contribution < 1.29 is 14.6 Å². The van der Waals surface area contributed by atoms with E-state index >= 15 is 0 Å². The number of aromatic nitrogens is 2. The van der Waals surface area contributed by atoms with Gasteiger partial charge < -0.3 is 15.2 Å². The lowest BCUT2D eigenvalue weighted by molar-refractivity contribution is 0.190. The molecule has 1 atom stereocenters. The molecule has 1 amide bonds. The fourth-order valence-electron chi connectivity index (χ4n) is 2.75.